The average molecular weight is 424 g/mol. The third-order valence-electron chi connectivity index (χ3n) is 7.04. The molecular formula is C25H37N5O. The summed E-state index contributed by atoms with van der Waals surface area (Å²) in [4.78, 5) is 21.8. The zero-order valence-corrected chi connectivity index (χ0v) is 18.9. The summed E-state index contributed by atoms with van der Waals surface area (Å²) in [5, 5.41) is 3.19. The summed E-state index contributed by atoms with van der Waals surface area (Å²) in [7, 11) is 0. The number of likely N-dealkylation sites (tertiary alicyclic amines) is 2. The Morgan fingerprint density at radius 3 is 2.77 bits per heavy atom. The molecule has 31 heavy (non-hydrogen) atoms. The van der Waals surface area contributed by atoms with E-state index in [1.165, 1.54) is 37.9 Å². The number of likely N-dealkylation sites (N-methyl/N-ethyl adjacent to an activating group) is 1. The highest BCUT2D eigenvalue weighted by atomic mass is 16.1. The zero-order valence-electron chi connectivity index (χ0n) is 18.9. The van der Waals surface area contributed by atoms with Crippen molar-refractivity contribution in [1.82, 2.24) is 24.7 Å². The second-order valence-electron chi connectivity index (χ2n) is 9.04. The number of rotatable bonds is 9. The number of amides is 1. The van der Waals surface area contributed by atoms with Crippen molar-refractivity contribution in [3.8, 4) is 5.82 Å². The molecular weight excluding hydrogens is 386 g/mol. The van der Waals surface area contributed by atoms with Crippen LogP contribution < -0.4 is 5.32 Å². The fourth-order valence-corrected chi connectivity index (χ4v) is 5.13. The Bertz CT molecular complexity index is 812. The number of hydrogen-bond acceptors (Lipinski definition) is 4. The van der Waals surface area contributed by atoms with Crippen LogP contribution in [0, 0.1) is 5.92 Å². The number of carbonyl (C=O) groups excluding carboxylic acids is 1. The van der Waals surface area contributed by atoms with E-state index in [2.05, 4.69) is 49.9 Å². The van der Waals surface area contributed by atoms with E-state index in [4.69, 9.17) is 0 Å². The van der Waals surface area contributed by atoms with Crippen molar-refractivity contribution >= 4 is 5.91 Å². The molecule has 6 heteroatoms. The van der Waals surface area contributed by atoms with Crippen molar-refractivity contribution in [3.63, 3.8) is 0 Å². The van der Waals surface area contributed by atoms with Crippen molar-refractivity contribution < 1.29 is 4.79 Å². The van der Waals surface area contributed by atoms with Gasteiger partial charge >= 0.3 is 0 Å². The molecule has 4 rings (SSSR count). The van der Waals surface area contributed by atoms with E-state index in [1.807, 2.05) is 24.4 Å². The lowest BCUT2D eigenvalue weighted by molar-refractivity contribution is -0.121. The minimum Gasteiger partial charge on any atom is -0.355 e. The van der Waals surface area contributed by atoms with Crippen molar-refractivity contribution in [2.24, 2.45) is 5.92 Å². The summed E-state index contributed by atoms with van der Waals surface area (Å²) in [5.41, 5.74) is 1.28. The Morgan fingerprint density at radius 2 is 2.00 bits per heavy atom. The lowest BCUT2D eigenvalue weighted by Gasteiger charge is -2.32. The standard InChI is InChI=1S/C25H37N5O/c1-2-29-15-5-7-22(29)19-27-25(31)11-10-21-12-17-28(18-13-21)20-23-8-6-16-30(23)24-9-3-4-14-26-24/h3-4,6,8-9,14,16,21-22H,2,5,7,10-13,15,17-20H2,1H3,(H,27,31)/t22-/m0/s1. The lowest BCUT2D eigenvalue weighted by Crippen LogP contribution is -2.40. The maximum atomic E-state index is 12.3. The van der Waals surface area contributed by atoms with E-state index >= 15 is 0 Å². The Hall–Kier alpha value is -2.18. The molecule has 2 saturated heterocycles. The molecule has 6 nitrogen and oxygen atoms in total. The third kappa shape index (κ3) is 5.95. The molecule has 2 aromatic rings. The molecule has 0 spiro atoms. The first-order valence-electron chi connectivity index (χ1n) is 12.0. The van der Waals surface area contributed by atoms with E-state index in [1.54, 1.807) is 0 Å². The number of carbonyl (C=O) groups is 1. The predicted octanol–water partition coefficient (Wildman–Crippen LogP) is 3.47. The fraction of sp³-hybridized carbons (Fsp3) is 0.600. The van der Waals surface area contributed by atoms with Crippen LogP contribution in [0.25, 0.3) is 5.82 Å². The minimum atomic E-state index is 0.235. The van der Waals surface area contributed by atoms with Gasteiger partial charge in [0.1, 0.15) is 5.82 Å². The molecule has 0 aromatic carbocycles. The SMILES string of the molecule is CCN1CCC[C@H]1CNC(=O)CCC1CCN(Cc2cccn2-c2ccccn2)CC1. The highest BCUT2D eigenvalue weighted by molar-refractivity contribution is 5.75. The Kier molecular flexibility index (Phi) is 7.76. The van der Waals surface area contributed by atoms with Crippen LogP contribution in [0.5, 0.6) is 0 Å². The first kappa shape index (κ1) is 22.0. The molecule has 0 aliphatic carbocycles. The summed E-state index contributed by atoms with van der Waals surface area (Å²) in [6, 6.07) is 10.9. The molecule has 1 atom stereocenters. The van der Waals surface area contributed by atoms with Crippen LogP contribution in [0.1, 0.15) is 51.1 Å². The molecule has 2 fully saturated rings. The maximum Gasteiger partial charge on any atom is 0.220 e. The van der Waals surface area contributed by atoms with Crippen molar-refractivity contribution in [1.29, 1.82) is 0 Å². The van der Waals surface area contributed by atoms with Crippen LogP contribution in [0.3, 0.4) is 0 Å². The molecule has 2 aliphatic rings. The monoisotopic (exact) mass is 423 g/mol. The molecule has 4 heterocycles. The number of pyridine rings is 1. The van der Waals surface area contributed by atoms with Gasteiger partial charge in [-0.2, -0.15) is 0 Å². The predicted molar refractivity (Wildman–Crippen MR) is 124 cm³/mol. The van der Waals surface area contributed by atoms with Crippen LogP contribution in [0.4, 0.5) is 0 Å². The molecule has 0 unspecified atom stereocenters. The Balaban J connectivity index is 1.16. The third-order valence-corrected chi connectivity index (χ3v) is 7.04. The van der Waals surface area contributed by atoms with Gasteiger partial charge in [-0.3, -0.25) is 14.6 Å². The van der Waals surface area contributed by atoms with Crippen LogP contribution in [0.15, 0.2) is 42.7 Å². The number of nitrogens with one attached hydrogen (secondary N) is 1. The maximum absolute atomic E-state index is 12.3. The van der Waals surface area contributed by atoms with E-state index in [0.29, 0.717) is 18.4 Å². The van der Waals surface area contributed by atoms with Crippen LogP contribution in [-0.4, -0.2) is 64.0 Å². The number of piperidine rings is 1. The average Bonchev–Trinajstić information content (AvgIpc) is 3.47. The normalized spacial score (nSPS) is 20.9. The van der Waals surface area contributed by atoms with E-state index in [-0.39, 0.29) is 5.91 Å². The van der Waals surface area contributed by atoms with Gasteiger partial charge in [-0.1, -0.05) is 13.0 Å². The van der Waals surface area contributed by atoms with Gasteiger partial charge in [-0.05, 0) is 88.5 Å². The lowest BCUT2D eigenvalue weighted by atomic mass is 9.92. The fourth-order valence-electron chi connectivity index (χ4n) is 5.13. The van der Waals surface area contributed by atoms with Gasteiger partial charge in [0.15, 0.2) is 0 Å². The molecule has 0 radical (unpaired) electrons. The van der Waals surface area contributed by atoms with Gasteiger partial charge in [0.25, 0.3) is 0 Å². The molecule has 2 aromatic heterocycles. The first-order chi connectivity index (χ1) is 15.2. The Labute approximate surface area is 186 Å². The molecule has 1 amide bonds. The van der Waals surface area contributed by atoms with Gasteiger partial charge in [-0.15, -0.1) is 0 Å². The molecule has 2 aliphatic heterocycles. The van der Waals surface area contributed by atoms with Gasteiger partial charge in [0.05, 0.1) is 0 Å². The smallest absolute Gasteiger partial charge is 0.220 e. The van der Waals surface area contributed by atoms with Gasteiger partial charge in [0.2, 0.25) is 5.91 Å². The molecule has 1 N–H and O–H groups in total. The van der Waals surface area contributed by atoms with Crippen LogP contribution in [0.2, 0.25) is 0 Å². The second-order valence-corrected chi connectivity index (χ2v) is 9.04. The largest absolute Gasteiger partial charge is 0.355 e. The van der Waals surface area contributed by atoms with E-state index < -0.39 is 0 Å². The molecule has 0 saturated carbocycles. The number of aromatic nitrogens is 2. The Morgan fingerprint density at radius 1 is 1.13 bits per heavy atom. The number of nitrogens with zero attached hydrogens (tertiary/aromatic N) is 4. The quantitative estimate of drug-likeness (QED) is 0.671. The van der Waals surface area contributed by atoms with Crippen molar-refractivity contribution in [3.05, 3.63) is 48.4 Å². The van der Waals surface area contributed by atoms with Crippen molar-refractivity contribution in [2.45, 2.75) is 58.0 Å². The van der Waals surface area contributed by atoms with Gasteiger partial charge in [-0.25, -0.2) is 4.98 Å². The van der Waals surface area contributed by atoms with E-state index in [0.717, 1.165) is 45.0 Å². The molecule has 0 bridgehead atoms. The van der Waals surface area contributed by atoms with Gasteiger partial charge < -0.3 is 9.88 Å². The summed E-state index contributed by atoms with van der Waals surface area (Å²) < 4.78 is 2.18. The summed E-state index contributed by atoms with van der Waals surface area (Å²) >= 11 is 0. The highest BCUT2D eigenvalue weighted by Crippen LogP contribution is 2.24. The summed E-state index contributed by atoms with van der Waals surface area (Å²) in [5.74, 6) is 1.88. The highest BCUT2D eigenvalue weighted by Gasteiger charge is 2.24. The van der Waals surface area contributed by atoms with Crippen LogP contribution in [-0.2, 0) is 11.3 Å². The summed E-state index contributed by atoms with van der Waals surface area (Å²) in [6.07, 6.45) is 10.5. The van der Waals surface area contributed by atoms with Crippen molar-refractivity contribution in [2.75, 3.05) is 32.7 Å². The van der Waals surface area contributed by atoms with Crippen LogP contribution >= 0.6 is 0 Å². The zero-order chi connectivity index (χ0) is 21.5. The minimum absolute atomic E-state index is 0.235. The molecule has 168 valence electrons. The topological polar surface area (TPSA) is 53.4 Å². The van der Waals surface area contributed by atoms with Gasteiger partial charge in [0, 0.05) is 43.6 Å². The summed E-state index contributed by atoms with van der Waals surface area (Å²) in [6.45, 7) is 8.46. The first-order valence-corrected chi connectivity index (χ1v) is 12.0. The van der Waals surface area contributed by atoms with E-state index in [9.17, 15) is 4.79 Å². The number of hydrogen-bond donors (Lipinski definition) is 1. The second kappa shape index (κ2) is 10.9.